The van der Waals surface area contributed by atoms with Crippen molar-refractivity contribution in [2.75, 3.05) is 0 Å². The van der Waals surface area contributed by atoms with Gasteiger partial charge in [0.15, 0.2) is 0 Å². The zero-order valence-corrected chi connectivity index (χ0v) is 10.6. The summed E-state index contributed by atoms with van der Waals surface area (Å²) in [4.78, 5) is 14.3. The van der Waals surface area contributed by atoms with Gasteiger partial charge in [0.05, 0.1) is 10.5 Å². The summed E-state index contributed by atoms with van der Waals surface area (Å²) in [5, 5.41) is 14.5. The SMILES string of the molecule is O=[N+]([O-])c1cccc(-c2noc(-c3ccccc3F)n2)c1. The highest BCUT2D eigenvalue weighted by Crippen LogP contribution is 2.25. The number of hydrogen-bond donors (Lipinski definition) is 0. The highest BCUT2D eigenvalue weighted by Gasteiger charge is 2.15. The Balaban J connectivity index is 2.01. The van der Waals surface area contributed by atoms with Gasteiger partial charge in [-0.25, -0.2) is 4.39 Å². The molecule has 0 N–H and O–H groups in total. The molecular formula is C14H8FN3O3. The number of rotatable bonds is 3. The van der Waals surface area contributed by atoms with Crippen LogP contribution in [-0.2, 0) is 0 Å². The average molecular weight is 285 g/mol. The van der Waals surface area contributed by atoms with Crippen molar-refractivity contribution < 1.29 is 13.8 Å². The summed E-state index contributed by atoms with van der Waals surface area (Å²) in [5.41, 5.74) is 0.530. The van der Waals surface area contributed by atoms with E-state index in [1.165, 1.54) is 30.3 Å². The molecule has 0 fully saturated rings. The first-order chi connectivity index (χ1) is 10.1. The fourth-order valence-corrected chi connectivity index (χ4v) is 1.84. The predicted octanol–water partition coefficient (Wildman–Crippen LogP) is 3.45. The summed E-state index contributed by atoms with van der Waals surface area (Å²) >= 11 is 0. The van der Waals surface area contributed by atoms with E-state index in [0.717, 1.165) is 0 Å². The molecule has 3 rings (SSSR count). The summed E-state index contributed by atoms with van der Waals surface area (Å²) in [6.45, 7) is 0. The van der Waals surface area contributed by atoms with Gasteiger partial charge in [0.25, 0.3) is 11.6 Å². The Kier molecular flexibility index (Phi) is 3.15. The smallest absolute Gasteiger partial charge is 0.270 e. The van der Waals surface area contributed by atoms with E-state index < -0.39 is 10.7 Å². The normalized spacial score (nSPS) is 10.5. The quantitative estimate of drug-likeness (QED) is 0.543. The molecule has 21 heavy (non-hydrogen) atoms. The minimum Gasteiger partial charge on any atom is -0.334 e. The maximum absolute atomic E-state index is 13.6. The lowest BCUT2D eigenvalue weighted by Crippen LogP contribution is -1.89. The lowest BCUT2D eigenvalue weighted by atomic mass is 10.2. The summed E-state index contributed by atoms with van der Waals surface area (Å²) in [5.74, 6) is -0.293. The van der Waals surface area contributed by atoms with E-state index >= 15 is 0 Å². The van der Waals surface area contributed by atoms with Crippen LogP contribution in [0.2, 0.25) is 0 Å². The maximum Gasteiger partial charge on any atom is 0.270 e. The van der Waals surface area contributed by atoms with Crippen molar-refractivity contribution in [1.29, 1.82) is 0 Å². The molecule has 1 heterocycles. The van der Waals surface area contributed by atoms with E-state index in [1.807, 2.05) is 0 Å². The van der Waals surface area contributed by atoms with Crippen LogP contribution in [0.15, 0.2) is 53.1 Å². The summed E-state index contributed by atoms with van der Waals surface area (Å²) < 4.78 is 18.7. The van der Waals surface area contributed by atoms with Gasteiger partial charge in [0.1, 0.15) is 5.82 Å². The van der Waals surface area contributed by atoms with Crippen molar-refractivity contribution in [3.63, 3.8) is 0 Å². The Labute approximate surface area is 118 Å². The number of aromatic nitrogens is 2. The minimum atomic E-state index is -0.513. The van der Waals surface area contributed by atoms with E-state index in [9.17, 15) is 14.5 Å². The van der Waals surface area contributed by atoms with Gasteiger partial charge in [-0.05, 0) is 12.1 Å². The molecule has 0 spiro atoms. The standard InChI is InChI=1S/C14H8FN3O3/c15-12-7-2-1-6-11(12)14-16-13(17-21-14)9-4-3-5-10(8-9)18(19)20/h1-8H. The molecule has 3 aromatic rings. The first kappa shape index (κ1) is 12.9. The Morgan fingerprint density at radius 3 is 2.71 bits per heavy atom. The second-order valence-electron chi connectivity index (χ2n) is 4.21. The third kappa shape index (κ3) is 2.48. The molecule has 0 radical (unpaired) electrons. The van der Waals surface area contributed by atoms with Crippen LogP contribution in [-0.4, -0.2) is 15.1 Å². The van der Waals surface area contributed by atoms with Crippen LogP contribution in [0.1, 0.15) is 0 Å². The lowest BCUT2D eigenvalue weighted by Gasteiger charge is -1.95. The Morgan fingerprint density at radius 1 is 1.14 bits per heavy atom. The molecule has 0 amide bonds. The third-order valence-electron chi connectivity index (χ3n) is 2.85. The van der Waals surface area contributed by atoms with Crippen molar-refractivity contribution in [3.05, 3.63) is 64.5 Å². The number of nitro benzene ring substituents is 1. The second kappa shape index (κ2) is 5.12. The molecule has 0 aliphatic heterocycles. The Morgan fingerprint density at radius 2 is 1.95 bits per heavy atom. The monoisotopic (exact) mass is 285 g/mol. The fraction of sp³-hybridized carbons (Fsp3) is 0. The first-order valence-electron chi connectivity index (χ1n) is 5.98. The molecule has 0 saturated heterocycles. The number of nitrogens with zero attached hydrogens (tertiary/aromatic N) is 3. The van der Waals surface area contributed by atoms with Gasteiger partial charge in [-0.1, -0.05) is 29.4 Å². The van der Waals surface area contributed by atoms with Gasteiger partial charge < -0.3 is 4.52 Å². The van der Waals surface area contributed by atoms with Crippen LogP contribution >= 0.6 is 0 Å². The largest absolute Gasteiger partial charge is 0.334 e. The van der Waals surface area contributed by atoms with Gasteiger partial charge in [-0.15, -0.1) is 0 Å². The van der Waals surface area contributed by atoms with Crippen LogP contribution < -0.4 is 0 Å². The van der Waals surface area contributed by atoms with Crippen molar-refractivity contribution in [3.8, 4) is 22.8 Å². The first-order valence-corrected chi connectivity index (χ1v) is 5.98. The van der Waals surface area contributed by atoms with E-state index in [1.54, 1.807) is 18.2 Å². The van der Waals surface area contributed by atoms with Gasteiger partial charge in [0.2, 0.25) is 5.82 Å². The second-order valence-corrected chi connectivity index (χ2v) is 4.21. The summed E-state index contributed by atoms with van der Waals surface area (Å²) in [6, 6.07) is 11.8. The lowest BCUT2D eigenvalue weighted by molar-refractivity contribution is -0.384. The molecule has 0 saturated carbocycles. The third-order valence-corrected chi connectivity index (χ3v) is 2.85. The van der Waals surface area contributed by atoms with Gasteiger partial charge in [-0.2, -0.15) is 4.98 Å². The number of nitro groups is 1. The molecule has 0 unspecified atom stereocenters. The molecule has 0 atom stereocenters. The average Bonchev–Trinajstić information content (AvgIpc) is 2.97. The van der Waals surface area contributed by atoms with Crippen LogP contribution in [0.3, 0.4) is 0 Å². The van der Waals surface area contributed by atoms with Crippen molar-refractivity contribution in [2.45, 2.75) is 0 Å². The van der Waals surface area contributed by atoms with Crippen LogP contribution in [0.4, 0.5) is 10.1 Å². The molecule has 104 valence electrons. The maximum atomic E-state index is 13.6. The zero-order chi connectivity index (χ0) is 14.8. The Bertz CT molecular complexity index is 816. The predicted molar refractivity (Wildman–Crippen MR) is 71.8 cm³/mol. The van der Waals surface area contributed by atoms with Gasteiger partial charge >= 0.3 is 0 Å². The fourth-order valence-electron chi connectivity index (χ4n) is 1.84. The summed E-state index contributed by atoms with van der Waals surface area (Å²) in [6.07, 6.45) is 0. The highest BCUT2D eigenvalue weighted by molar-refractivity contribution is 5.62. The number of halogens is 1. The zero-order valence-electron chi connectivity index (χ0n) is 10.6. The molecular weight excluding hydrogens is 277 g/mol. The highest BCUT2D eigenvalue weighted by atomic mass is 19.1. The molecule has 6 nitrogen and oxygen atoms in total. The summed E-state index contributed by atoms with van der Waals surface area (Å²) in [7, 11) is 0. The number of non-ortho nitro benzene ring substituents is 1. The van der Waals surface area contributed by atoms with Crippen molar-refractivity contribution >= 4 is 5.69 Å². The van der Waals surface area contributed by atoms with E-state index in [2.05, 4.69) is 10.1 Å². The van der Waals surface area contributed by atoms with E-state index in [-0.39, 0.29) is 23.0 Å². The van der Waals surface area contributed by atoms with Crippen LogP contribution in [0, 0.1) is 15.9 Å². The number of benzene rings is 2. The van der Waals surface area contributed by atoms with Gasteiger partial charge in [-0.3, -0.25) is 10.1 Å². The minimum absolute atomic E-state index is 0.0228. The van der Waals surface area contributed by atoms with E-state index in [0.29, 0.717) is 5.56 Å². The van der Waals surface area contributed by atoms with Crippen LogP contribution in [0.25, 0.3) is 22.8 Å². The molecule has 0 bridgehead atoms. The molecule has 7 heteroatoms. The van der Waals surface area contributed by atoms with Crippen molar-refractivity contribution in [1.82, 2.24) is 10.1 Å². The van der Waals surface area contributed by atoms with Gasteiger partial charge in [0, 0.05) is 17.7 Å². The number of hydrogen-bond acceptors (Lipinski definition) is 5. The molecule has 0 aliphatic carbocycles. The molecule has 1 aromatic heterocycles. The van der Waals surface area contributed by atoms with Crippen molar-refractivity contribution in [2.24, 2.45) is 0 Å². The van der Waals surface area contributed by atoms with Crippen LogP contribution in [0.5, 0.6) is 0 Å². The molecule has 2 aromatic carbocycles. The Hall–Kier alpha value is -3.09. The molecule has 0 aliphatic rings. The van der Waals surface area contributed by atoms with E-state index in [4.69, 9.17) is 4.52 Å². The topological polar surface area (TPSA) is 82.1 Å².